The van der Waals surface area contributed by atoms with Gasteiger partial charge in [0.1, 0.15) is 0 Å². The van der Waals surface area contributed by atoms with E-state index in [0.717, 1.165) is 43.9 Å². The van der Waals surface area contributed by atoms with Crippen LogP contribution in [0, 0.1) is 0 Å². The van der Waals surface area contributed by atoms with Crippen molar-refractivity contribution >= 4 is 10.0 Å². The third kappa shape index (κ3) is 4.08. The number of halogens is 3. The highest BCUT2D eigenvalue weighted by Crippen LogP contribution is 2.26. The molecule has 1 aliphatic carbocycles. The Hall–Kier alpha value is -2.14. The van der Waals surface area contributed by atoms with Gasteiger partial charge >= 0.3 is 11.9 Å². The molecule has 148 valence electrons. The van der Waals surface area contributed by atoms with E-state index in [1.165, 1.54) is 6.07 Å². The van der Waals surface area contributed by atoms with E-state index in [9.17, 15) is 26.4 Å². The molecule has 0 saturated heterocycles. The number of hydrogen-bond acceptors (Lipinski definition) is 4. The van der Waals surface area contributed by atoms with Crippen molar-refractivity contribution in [2.45, 2.75) is 43.3 Å². The largest absolute Gasteiger partial charge is 0.451 e. The summed E-state index contributed by atoms with van der Waals surface area (Å²) in [5.41, 5.74) is 1.18. The fourth-order valence-electron chi connectivity index (χ4n) is 3.13. The van der Waals surface area contributed by atoms with Gasteiger partial charge in [0.2, 0.25) is 15.8 Å². The van der Waals surface area contributed by atoms with Crippen molar-refractivity contribution in [3.63, 3.8) is 0 Å². The molecule has 0 aliphatic heterocycles. The van der Waals surface area contributed by atoms with Crippen LogP contribution in [0.25, 0.3) is 0 Å². The molecular weight excluding hydrogens is 385 g/mol. The third-order valence-electron chi connectivity index (χ3n) is 4.54. The second-order valence-corrected chi connectivity index (χ2v) is 8.19. The molecule has 0 bridgehead atoms. The van der Waals surface area contributed by atoms with Gasteiger partial charge in [-0.3, -0.25) is 4.57 Å². The summed E-state index contributed by atoms with van der Waals surface area (Å²) in [5, 5.41) is 3.24. The number of nitrogens with one attached hydrogen (secondary N) is 1. The van der Waals surface area contributed by atoms with Crippen molar-refractivity contribution in [2.75, 3.05) is 6.54 Å². The van der Waals surface area contributed by atoms with Crippen molar-refractivity contribution in [1.82, 2.24) is 19.1 Å². The molecule has 0 atom stereocenters. The summed E-state index contributed by atoms with van der Waals surface area (Å²) < 4.78 is 66.4. The lowest BCUT2D eigenvalue weighted by Gasteiger charge is -2.16. The van der Waals surface area contributed by atoms with Crippen LogP contribution >= 0.6 is 0 Å². The number of aryl methyl sites for hydroxylation is 2. The lowest BCUT2D eigenvalue weighted by Crippen LogP contribution is -2.32. The number of nitrogens with zero attached hydrogens (tertiary/aromatic N) is 3. The number of aromatic nitrogens is 3. The summed E-state index contributed by atoms with van der Waals surface area (Å²) in [6.45, 7) is -0.569. The Labute approximate surface area is 153 Å². The van der Waals surface area contributed by atoms with Crippen LogP contribution in [0.4, 0.5) is 13.2 Å². The van der Waals surface area contributed by atoms with Crippen LogP contribution in [0.2, 0.25) is 0 Å². The molecule has 0 unspecified atom stereocenters. The van der Waals surface area contributed by atoms with Gasteiger partial charge in [-0.1, -0.05) is 6.07 Å². The minimum absolute atomic E-state index is 0.104. The van der Waals surface area contributed by atoms with Gasteiger partial charge in [-0.2, -0.15) is 13.2 Å². The zero-order valence-corrected chi connectivity index (χ0v) is 15.4. The molecule has 3 rings (SSSR count). The standard InChI is InChI=1S/C16H19F3N4O3S/c1-22-14(16(17,18)19)21-23(15(22)24)9-8-20-27(25,26)13-7-6-11-4-2-3-5-12(11)10-13/h6-7,10,20H,2-5,8-9H2,1H3. The number of sulfonamides is 1. The van der Waals surface area contributed by atoms with Crippen LogP contribution in [0.3, 0.4) is 0 Å². The van der Waals surface area contributed by atoms with Crippen molar-refractivity contribution < 1.29 is 21.6 Å². The Kier molecular flexibility index (Phi) is 5.17. The van der Waals surface area contributed by atoms with Crippen LogP contribution in [0.1, 0.15) is 29.8 Å². The monoisotopic (exact) mass is 404 g/mol. The van der Waals surface area contributed by atoms with E-state index < -0.39 is 27.7 Å². The molecule has 27 heavy (non-hydrogen) atoms. The van der Waals surface area contributed by atoms with Gasteiger partial charge in [-0.05, 0) is 48.9 Å². The zero-order valence-electron chi connectivity index (χ0n) is 14.6. The summed E-state index contributed by atoms with van der Waals surface area (Å²) in [6, 6.07) is 4.94. The van der Waals surface area contributed by atoms with E-state index in [0.29, 0.717) is 9.25 Å². The molecule has 0 saturated carbocycles. The minimum atomic E-state index is -4.76. The van der Waals surface area contributed by atoms with E-state index >= 15 is 0 Å². The predicted octanol–water partition coefficient (Wildman–Crippen LogP) is 1.46. The van der Waals surface area contributed by atoms with Gasteiger partial charge in [-0.15, -0.1) is 5.10 Å². The lowest BCUT2D eigenvalue weighted by molar-refractivity contribution is -0.147. The maximum Gasteiger partial charge on any atom is 0.451 e. The molecule has 1 aromatic carbocycles. The smallest absolute Gasteiger partial charge is 0.274 e. The molecule has 2 aromatic rings. The molecular formula is C16H19F3N4O3S. The first-order valence-electron chi connectivity index (χ1n) is 8.42. The molecule has 7 nitrogen and oxygen atoms in total. The number of fused-ring (bicyclic) bond motifs is 1. The molecule has 1 aliphatic rings. The van der Waals surface area contributed by atoms with Gasteiger partial charge < -0.3 is 0 Å². The van der Waals surface area contributed by atoms with Crippen molar-refractivity contribution in [3.05, 3.63) is 45.6 Å². The van der Waals surface area contributed by atoms with Crippen molar-refractivity contribution in [3.8, 4) is 0 Å². The van der Waals surface area contributed by atoms with Crippen LogP contribution in [0.5, 0.6) is 0 Å². The van der Waals surface area contributed by atoms with Crippen molar-refractivity contribution in [2.24, 2.45) is 7.05 Å². The average Bonchev–Trinajstić information content (AvgIpc) is 2.90. The van der Waals surface area contributed by atoms with E-state index in [1.54, 1.807) is 12.1 Å². The minimum Gasteiger partial charge on any atom is -0.274 e. The molecule has 1 heterocycles. The molecule has 0 radical (unpaired) electrons. The normalized spacial score (nSPS) is 15.0. The third-order valence-corrected chi connectivity index (χ3v) is 6.00. The summed E-state index contributed by atoms with van der Waals surface area (Å²) in [4.78, 5) is 11.9. The first-order chi connectivity index (χ1) is 12.6. The van der Waals surface area contributed by atoms with Crippen LogP contribution in [-0.2, 0) is 42.6 Å². The molecule has 11 heteroatoms. The van der Waals surface area contributed by atoms with Gasteiger partial charge in [0, 0.05) is 13.6 Å². The first-order valence-corrected chi connectivity index (χ1v) is 9.90. The second-order valence-electron chi connectivity index (χ2n) is 6.42. The Morgan fingerprint density at radius 3 is 2.48 bits per heavy atom. The molecule has 0 fully saturated rings. The van der Waals surface area contributed by atoms with Gasteiger partial charge in [-0.25, -0.2) is 22.6 Å². The van der Waals surface area contributed by atoms with E-state index in [2.05, 4.69) is 9.82 Å². The predicted molar refractivity (Wildman–Crippen MR) is 90.7 cm³/mol. The Balaban J connectivity index is 1.71. The highest BCUT2D eigenvalue weighted by molar-refractivity contribution is 7.89. The zero-order chi connectivity index (χ0) is 19.8. The van der Waals surface area contributed by atoms with E-state index in [1.807, 2.05) is 0 Å². The van der Waals surface area contributed by atoms with E-state index in [4.69, 9.17) is 0 Å². The summed E-state index contributed by atoms with van der Waals surface area (Å²) >= 11 is 0. The molecule has 0 amide bonds. The maximum absolute atomic E-state index is 12.8. The van der Waals surface area contributed by atoms with Gasteiger partial charge in [0.15, 0.2) is 0 Å². The fourth-order valence-corrected chi connectivity index (χ4v) is 4.20. The highest BCUT2D eigenvalue weighted by Gasteiger charge is 2.38. The maximum atomic E-state index is 12.8. The summed E-state index contributed by atoms with van der Waals surface area (Å²) in [7, 11) is -2.87. The Morgan fingerprint density at radius 1 is 1.19 bits per heavy atom. The summed E-state index contributed by atoms with van der Waals surface area (Å²) in [6.07, 6.45) is -0.929. The van der Waals surface area contributed by atoms with Crippen LogP contribution in [0.15, 0.2) is 27.9 Å². The molecule has 0 spiro atoms. The Morgan fingerprint density at radius 2 is 1.85 bits per heavy atom. The summed E-state index contributed by atoms with van der Waals surface area (Å²) in [5.74, 6) is -1.33. The fraction of sp³-hybridized carbons (Fsp3) is 0.500. The van der Waals surface area contributed by atoms with Crippen LogP contribution in [-0.4, -0.2) is 29.3 Å². The topological polar surface area (TPSA) is 86.0 Å². The molecule has 1 N–H and O–H groups in total. The highest BCUT2D eigenvalue weighted by atomic mass is 32.2. The first kappa shape index (κ1) is 19.6. The number of alkyl halides is 3. The quantitative estimate of drug-likeness (QED) is 0.818. The number of hydrogen-bond donors (Lipinski definition) is 1. The molecule has 1 aromatic heterocycles. The van der Waals surface area contributed by atoms with Gasteiger partial charge in [0.05, 0.1) is 11.4 Å². The number of benzene rings is 1. The second kappa shape index (κ2) is 7.12. The SMILES string of the molecule is Cn1c(C(F)(F)F)nn(CCNS(=O)(=O)c2ccc3c(c2)CCCC3)c1=O. The van der Waals surface area contributed by atoms with Crippen molar-refractivity contribution in [1.29, 1.82) is 0 Å². The number of rotatable bonds is 5. The van der Waals surface area contributed by atoms with Crippen LogP contribution < -0.4 is 10.4 Å². The van der Waals surface area contributed by atoms with E-state index in [-0.39, 0.29) is 18.0 Å². The Bertz CT molecular complexity index is 1010. The van der Waals surface area contributed by atoms with Gasteiger partial charge in [0.25, 0.3) is 0 Å². The average molecular weight is 404 g/mol. The lowest BCUT2D eigenvalue weighted by atomic mass is 9.92.